The van der Waals surface area contributed by atoms with Crippen LogP contribution in [0.3, 0.4) is 0 Å². The SMILES string of the molecule is CC.CN1C(C)(C)CC(OC(=O)C(=Cc2ccccc2)C(=O)OC2CC(C)(C)N(C)C(C)(C)C2)CC1(C)C. The van der Waals surface area contributed by atoms with Crippen molar-refractivity contribution in [2.45, 2.75) is 129 Å². The molecule has 214 valence electrons. The summed E-state index contributed by atoms with van der Waals surface area (Å²) in [5.41, 5.74) is 0.160. The van der Waals surface area contributed by atoms with E-state index in [2.05, 4.69) is 79.3 Å². The van der Waals surface area contributed by atoms with Gasteiger partial charge < -0.3 is 9.47 Å². The van der Waals surface area contributed by atoms with Crippen LogP contribution in [0.5, 0.6) is 0 Å². The average Bonchev–Trinajstić information content (AvgIpc) is 2.80. The Labute approximate surface area is 231 Å². The van der Waals surface area contributed by atoms with E-state index in [1.807, 2.05) is 44.2 Å². The number of ether oxygens (including phenoxy) is 2. The Morgan fingerprint density at radius 2 is 1.00 bits per heavy atom. The van der Waals surface area contributed by atoms with Crippen molar-refractivity contribution in [3.63, 3.8) is 0 Å². The Hall–Kier alpha value is -2.18. The summed E-state index contributed by atoms with van der Waals surface area (Å²) in [4.78, 5) is 31.7. The van der Waals surface area contributed by atoms with Crippen molar-refractivity contribution in [2.75, 3.05) is 14.1 Å². The zero-order valence-corrected chi connectivity index (χ0v) is 26.0. The van der Waals surface area contributed by atoms with Crippen LogP contribution in [0.1, 0.15) is 100 Å². The monoisotopic (exact) mass is 528 g/mol. The lowest BCUT2D eigenvalue weighted by molar-refractivity contribution is -0.162. The molecule has 0 N–H and O–H groups in total. The number of hydrogen-bond acceptors (Lipinski definition) is 6. The minimum Gasteiger partial charge on any atom is -0.458 e. The summed E-state index contributed by atoms with van der Waals surface area (Å²) in [6.45, 7) is 21.3. The van der Waals surface area contributed by atoms with Gasteiger partial charge in [0.05, 0.1) is 0 Å². The topological polar surface area (TPSA) is 59.1 Å². The second kappa shape index (κ2) is 11.9. The van der Waals surface area contributed by atoms with Gasteiger partial charge in [0.25, 0.3) is 0 Å². The van der Waals surface area contributed by atoms with E-state index >= 15 is 0 Å². The van der Waals surface area contributed by atoms with Gasteiger partial charge in [-0.2, -0.15) is 0 Å². The minimum atomic E-state index is -0.614. The van der Waals surface area contributed by atoms with E-state index in [0.29, 0.717) is 25.7 Å². The number of esters is 2. The van der Waals surface area contributed by atoms with Crippen LogP contribution in [0.2, 0.25) is 0 Å². The van der Waals surface area contributed by atoms with Gasteiger partial charge in [0.1, 0.15) is 17.8 Å². The lowest BCUT2D eigenvalue weighted by atomic mass is 9.78. The normalized spacial score (nSPS) is 22.9. The zero-order valence-electron chi connectivity index (χ0n) is 26.0. The average molecular weight is 529 g/mol. The van der Waals surface area contributed by atoms with Gasteiger partial charge in [-0.1, -0.05) is 44.2 Å². The third kappa shape index (κ3) is 7.47. The smallest absolute Gasteiger partial charge is 0.345 e. The molecule has 2 fully saturated rings. The largest absolute Gasteiger partial charge is 0.458 e. The van der Waals surface area contributed by atoms with Gasteiger partial charge in [0.2, 0.25) is 0 Å². The third-order valence-electron chi connectivity index (χ3n) is 8.64. The van der Waals surface area contributed by atoms with E-state index in [0.717, 1.165) is 5.56 Å². The number of benzene rings is 1. The first-order valence-electron chi connectivity index (χ1n) is 14.1. The molecule has 0 aliphatic carbocycles. The molecule has 1 aromatic carbocycles. The number of nitrogens with zero attached hydrogens (tertiary/aromatic N) is 2. The highest BCUT2D eigenvalue weighted by Crippen LogP contribution is 2.40. The van der Waals surface area contributed by atoms with Crippen LogP contribution in [0.25, 0.3) is 6.08 Å². The number of carbonyl (C=O) groups is 2. The fraction of sp³-hybridized carbons (Fsp3) is 0.688. The van der Waals surface area contributed by atoms with E-state index in [1.165, 1.54) is 0 Å². The van der Waals surface area contributed by atoms with Crippen molar-refractivity contribution in [3.05, 3.63) is 41.5 Å². The predicted octanol–water partition coefficient (Wildman–Crippen LogP) is 6.49. The molecule has 3 rings (SSSR count). The second-order valence-corrected chi connectivity index (χ2v) is 13.2. The molecule has 1 aromatic rings. The van der Waals surface area contributed by atoms with Crippen molar-refractivity contribution >= 4 is 18.0 Å². The van der Waals surface area contributed by atoms with Gasteiger partial charge in [-0.3, -0.25) is 9.80 Å². The van der Waals surface area contributed by atoms with Crippen molar-refractivity contribution < 1.29 is 19.1 Å². The molecule has 0 radical (unpaired) electrons. The van der Waals surface area contributed by atoms with Crippen LogP contribution in [0.15, 0.2) is 35.9 Å². The van der Waals surface area contributed by atoms with Gasteiger partial charge >= 0.3 is 11.9 Å². The molecular formula is C32H52N2O4. The molecule has 0 aromatic heterocycles. The van der Waals surface area contributed by atoms with Crippen molar-refractivity contribution in [1.82, 2.24) is 9.80 Å². The van der Waals surface area contributed by atoms with Crippen LogP contribution >= 0.6 is 0 Å². The Balaban J connectivity index is 0.00000247. The Bertz CT molecular complexity index is 900. The molecule has 0 unspecified atom stereocenters. The van der Waals surface area contributed by atoms with Crippen LogP contribution in [-0.4, -0.2) is 70.2 Å². The number of hydrogen-bond donors (Lipinski definition) is 0. The number of rotatable bonds is 5. The van der Waals surface area contributed by atoms with Gasteiger partial charge in [-0.05, 0) is 81.1 Å². The molecule has 2 aliphatic rings. The molecule has 6 heteroatoms. The first-order chi connectivity index (χ1) is 17.4. The molecule has 2 heterocycles. The Morgan fingerprint density at radius 1 is 0.684 bits per heavy atom. The summed E-state index contributed by atoms with van der Waals surface area (Å²) in [7, 11) is 4.22. The summed E-state index contributed by atoms with van der Waals surface area (Å²) >= 11 is 0. The van der Waals surface area contributed by atoms with Crippen molar-refractivity contribution in [3.8, 4) is 0 Å². The molecular weight excluding hydrogens is 476 g/mol. The molecule has 0 saturated carbocycles. The molecule has 6 nitrogen and oxygen atoms in total. The van der Waals surface area contributed by atoms with Gasteiger partial charge in [0, 0.05) is 47.8 Å². The van der Waals surface area contributed by atoms with E-state index in [-0.39, 0.29) is 39.9 Å². The van der Waals surface area contributed by atoms with E-state index in [4.69, 9.17) is 9.47 Å². The molecule has 38 heavy (non-hydrogen) atoms. The van der Waals surface area contributed by atoms with Gasteiger partial charge in [-0.25, -0.2) is 9.59 Å². The molecule has 2 aliphatic heterocycles. The van der Waals surface area contributed by atoms with Crippen LogP contribution in [0, 0.1) is 0 Å². The quantitative estimate of drug-likeness (QED) is 0.189. The fourth-order valence-corrected chi connectivity index (χ4v) is 6.07. The summed E-state index contributed by atoms with van der Waals surface area (Å²) in [6.07, 6.45) is 3.82. The molecule has 0 amide bonds. The third-order valence-corrected chi connectivity index (χ3v) is 8.64. The van der Waals surface area contributed by atoms with Crippen molar-refractivity contribution in [1.29, 1.82) is 0 Å². The summed E-state index contributed by atoms with van der Waals surface area (Å²) in [5.74, 6) is -1.23. The highest BCUT2D eigenvalue weighted by molar-refractivity contribution is 6.17. The number of likely N-dealkylation sites (tertiary alicyclic amines) is 2. The first-order valence-corrected chi connectivity index (χ1v) is 14.1. The molecule has 0 atom stereocenters. The first kappa shape index (κ1) is 32.0. The summed E-state index contributed by atoms with van der Waals surface area (Å²) in [6, 6.07) is 9.39. The fourth-order valence-electron chi connectivity index (χ4n) is 6.07. The highest BCUT2D eigenvalue weighted by Gasteiger charge is 2.46. The predicted molar refractivity (Wildman–Crippen MR) is 156 cm³/mol. The maximum absolute atomic E-state index is 13.5. The number of piperidine rings is 2. The molecule has 0 spiro atoms. The van der Waals surface area contributed by atoms with E-state index < -0.39 is 11.9 Å². The van der Waals surface area contributed by atoms with Crippen LogP contribution in [-0.2, 0) is 19.1 Å². The Kier molecular flexibility index (Phi) is 10.0. The minimum absolute atomic E-state index is 0.0507. The van der Waals surface area contributed by atoms with Gasteiger partial charge in [0.15, 0.2) is 0 Å². The highest BCUT2D eigenvalue weighted by atomic mass is 16.6. The van der Waals surface area contributed by atoms with Crippen molar-refractivity contribution in [2.24, 2.45) is 0 Å². The lowest BCUT2D eigenvalue weighted by Gasteiger charge is -2.53. The summed E-state index contributed by atoms with van der Waals surface area (Å²) in [5, 5.41) is 0. The second-order valence-electron chi connectivity index (χ2n) is 13.2. The van der Waals surface area contributed by atoms with E-state index in [1.54, 1.807) is 6.08 Å². The van der Waals surface area contributed by atoms with E-state index in [9.17, 15) is 9.59 Å². The molecule has 0 bridgehead atoms. The molecule has 2 saturated heterocycles. The maximum Gasteiger partial charge on any atom is 0.345 e. The standard InChI is InChI=1S/C30H46N2O4.C2H6/c1-27(2)17-22(18-28(3,4)31(27)9)35-25(33)24(16-21-14-12-11-13-15-21)26(34)36-23-19-29(5,6)32(10)30(7,8)20-23;1-2/h11-16,22-23H,17-20H2,1-10H3;1-2H3. The number of carbonyl (C=O) groups excluding carboxylic acids is 2. The summed E-state index contributed by atoms with van der Waals surface area (Å²) < 4.78 is 12.0. The maximum atomic E-state index is 13.5. The zero-order chi connectivity index (χ0) is 29.1. The van der Waals surface area contributed by atoms with Crippen LogP contribution < -0.4 is 0 Å². The Morgan fingerprint density at radius 3 is 1.32 bits per heavy atom. The van der Waals surface area contributed by atoms with Crippen LogP contribution in [0.4, 0.5) is 0 Å². The lowest BCUT2D eigenvalue weighted by Crippen LogP contribution is -2.60. The van der Waals surface area contributed by atoms with Gasteiger partial charge in [-0.15, -0.1) is 0 Å².